The number of allylic oxidation sites excluding steroid dienone is 4. The highest BCUT2D eigenvalue weighted by Crippen LogP contribution is 2.03. The van der Waals surface area contributed by atoms with Gasteiger partial charge < -0.3 is 0 Å². The van der Waals surface area contributed by atoms with Crippen LogP contribution in [-0.2, 0) is 0 Å². The topological polar surface area (TPSA) is 24.7 Å². The summed E-state index contributed by atoms with van der Waals surface area (Å²) < 4.78 is 4.20. The summed E-state index contributed by atoms with van der Waals surface area (Å²) in [5.74, 6) is 0. The quantitative estimate of drug-likeness (QED) is 0.431. The predicted molar refractivity (Wildman–Crippen MR) is 52.6 cm³/mol. The Balaban J connectivity index is 2.88. The normalized spacial score (nSPS) is 23.5. The minimum atomic E-state index is 0.946. The Morgan fingerprint density at radius 1 is 1.18 bits per heavy atom. The lowest BCUT2D eigenvalue weighted by Gasteiger charge is -2.02. The second-order valence-electron chi connectivity index (χ2n) is 1.99. The predicted octanol–water partition coefficient (Wildman–Crippen LogP) is 1.90. The van der Waals surface area contributed by atoms with Crippen LogP contribution in [0.3, 0.4) is 0 Å². The van der Waals surface area contributed by atoms with Gasteiger partial charge in [-0.15, -0.1) is 0 Å². The van der Waals surface area contributed by atoms with Crippen molar-refractivity contribution >= 4 is 23.4 Å². The van der Waals surface area contributed by atoms with Gasteiger partial charge in [-0.3, -0.25) is 4.99 Å². The minimum absolute atomic E-state index is 0.946. The van der Waals surface area contributed by atoms with E-state index in [0.717, 1.165) is 11.4 Å². The van der Waals surface area contributed by atoms with E-state index in [9.17, 15) is 0 Å². The van der Waals surface area contributed by atoms with Gasteiger partial charge in [0, 0.05) is 13.3 Å². The van der Waals surface area contributed by atoms with E-state index in [1.165, 1.54) is 11.9 Å². The van der Waals surface area contributed by atoms with Crippen LogP contribution in [0.5, 0.6) is 0 Å². The van der Waals surface area contributed by atoms with Crippen molar-refractivity contribution in [3.8, 4) is 0 Å². The van der Waals surface area contributed by atoms with Crippen molar-refractivity contribution in [3.63, 3.8) is 0 Å². The summed E-state index contributed by atoms with van der Waals surface area (Å²) in [7, 11) is 1.77. The lowest BCUT2D eigenvalue weighted by molar-refractivity contribution is 1.46. The molecule has 3 heteroatoms. The molecule has 0 aromatic carbocycles. The first kappa shape index (κ1) is 8.27. The standard InChI is InChI=1S/C8H10N2S/c1-9-7-5-3-4-6-8(7)10-11-2/h3-6H,1-2H3/b9-7?,10-8-. The van der Waals surface area contributed by atoms with Crippen LogP contribution >= 0.6 is 11.9 Å². The third-order valence-corrected chi connectivity index (χ3v) is 1.69. The number of hydrogen-bond donors (Lipinski definition) is 0. The maximum absolute atomic E-state index is 4.20. The van der Waals surface area contributed by atoms with Crippen LogP contribution in [0.2, 0.25) is 0 Å². The van der Waals surface area contributed by atoms with Gasteiger partial charge in [-0.2, -0.15) is 0 Å². The van der Waals surface area contributed by atoms with Gasteiger partial charge in [0.25, 0.3) is 0 Å². The van der Waals surface area contributed by atoms with Crippen LogP contribution in [0, 0.1) is 0 Å². The number of rotatable bonds is 1. The largest absolute Gasteiger partial charge is 0.286 e. The van der Waals surface area contributed by atoms with E-state index in [1.807, 2.05) is 30.6 Å². The first-order valence-corrected chi connectivity index (χ1v) is 4.49. The summed E-state index contributed by atoms with van der Waals surface area (Å²) in [6.45, 7) is 0. The van der Waals surface area contributed by atoms with Crippen molar-refractivity contribution in [2.45, 2.75) is 0 Å². The van der Waals surface area contributed by atoms with E-state index < -0.39 is 0 Å². The van der Waals surface area contributed by atoms with Crippen molar-refractivity contribution in [3.05, 3.63) is 24.3 Å². The van der Waals surface area contributed by atoms with Gasteiger partial charge >= 0.3 is 0 Å². The molecular weight excluding hydrogens is 156 g/mol. The highest BCUT2D eigenvalue weighted by molar-refractivity contribution is 7.97. The van der Waals surface area contributed by atoms with Gasteiger partial charge in [0.2, 0.25) is 0 Å². The smallest absolute Gasteiger partial charge is 0.0964 e. The Hall–Kier alpha value is -0.830. The lowest BCUT2D eigenvalue weighted by atomic mass is 10.1. The van der Waals surface area contributed by atoms with Gasteiger partial charge in [-0.05, 0) is 24.1 Å². The maximum atomic E-state index is 4.20. The summed E-state index contributed by atoms with van der Waals surface area (Å²) in [4.78, 5) is 4.08. The second-order valence-corrected chi connectivity index (χ2v) is 2.53. The van der Waals surface area contributed by atoms with Crippen LogP contribution in [-0.4, -0.2) is 24.7 Å². The van der Waals surface area contributed by atoms with Crippen LogP contribution in [0.15, 0.2) is 33.7 Å². The molecule has 58 valence electrons. The molecule has 0 heterocycles. The Labute approximate surface area is 71.0 Å². The number of nitrogens with zero attached hydrogens (tertiary/aromatic N) is 2. The van der Waals surface area contributed by atoms with Crippen molar-refractivity contribution in [1.29, 1.82) is 0 Å². The van der Waals surface area contributed by atoms with Gasteiger partial charge in [0.15, 0.2) is 0 Å². The number of aliphatic imine (C=N–C) groups is 1. The van der Waals surface area contributed by atoms with Crippen molar-refractivity contribution < 1.29 is 0 Å². The van der Waals surface area contributed by atoms with E-state index in [0.29, 0.717) is 0 Å². The molecule has 0 radical (unpaired) electrons. The molecule has 0 aromatic heterocycles. The van der Waals surface area contributed by atoms with Gasteiger partial charge in [-0.1, -0.05) is 12.2 Å². The average Bonchev–Trinajstić information content (AvgIpc) is 2.06. The maximum Gasteiger partial charge on any atom is 0.0964 e. The summed E-state index contributed by atoms with van der Waals surface area (Å²) in [5.41, 5.74) is 1.89. The first-order chi connectivity index (χ1) is 5.38. The average molecular weight is 166 g/mol. The highest BCUT2D eigenvalue weighted by atomic mass is 32.2. The van der Waals surface area contributed by atoms with Crippen molar-refractivity contribution in [1.82, 2.24) is 0 Å². The molecule has 0 spiro atoms. The Morgan fingerprint density at radius 2 is 1.82 bits per heavy atom. The molecule has 0 unspecified atom stereocenters. The molecule has 1 aliphatic carbocycles. The summed E-state index contributed by atoms with van der Waals surface area (Å²) >= 11 is 1.45. The molecule has 0 atom stereocenters. The number of hydrogen-bond acceptors (Lipinski definition) is 3. The molecule has 0 saturated heterocycles. The summed E-state index contributed by atoms with van der Waals surface area (Å²) in [6.07, 6.45) is 9.77. The highest BCUT2D eigenvalue weighted by Gasteiger charge is 2.02. The summed E-state index contributed by atoms with van der Waals surface area (Å²) in [6, 6.07) is 0. The Kier molecular flexibility index (Phi) is 3.11. The third kappa shape index (κ3) is 2.05. The fourth-order valence-corrected chi connectivity index (χ4v) is 1.18. The molecule has 1 rings (SSSR count). The zero-order chi connectivity index (χ0) is 8.10. The van der Waals surface area contributed by atoms with Crippen molar-refractivity contribution in [2.24, 2.45) is 9.39 Å². The SMILES string of the molecule is CN=C1C=CC=C/C1=N/SC. The fraction of sp³-hybridized carbons (Fsp3) is 0.250. The molecule has 1 aliphatic rings. The molecule has 0 saturated carbocycles. The van der Waals surface area contributed by atoms with Gasteiger partial charge in [0.1, 0.15) is 0 Å². The van der Waals surface area contributed by atoms with E-state index >= 15 is 0 Å². The molecule has 0 N–H and O–H groups in total. The lowest BCUT2D eigenvalue weighted by Crippen LogP contribution is -2.10. The minimum Gasteiger partial charge on any atom is -0.286 e. The van der Waals surface area contributed by atoms with Crippen LogP contribution in [0.25, 0.3) is 0 Å². The molecule has 0 fully saturated rings. The monoisotopic (exact) mass is 166 g/mol. The zero-order valence-electron chi connectivity index (χ0n) is 6.61. The Morgan fingerprint density at radius 3 is 2.36 bits per heavy atom. The molecule has 0 amide bonds. The van der Waals surface area contributed by atoms with E-state index in [1.54, 1.807) is 7.05 Å². The molecule has 11 heavy (non-hydrogen) atoms. The molecule has 0 aliphatic heterocycles. The first-order valence-electron chi connectivity index (χ1n) is 3.31. The second kappa shape index (κ2) is 4.13. The molecular formula is C8H10N2S. The van der Waals surface area contributed by atoms with E-state index in [-0.39, 0.29) is 0 Å². The van der Waals surface area contributed by atoms with Gasteiger partial charge in [-0.25, -0.2) is 4.40 Å². The summed E-state index contributed by atoms with van der Waals surface area (Å²) in [5, 5.41) is 0. The van der Waals surface area contributed by atoms with Crippen molar-refractivity contribution in [2.75, 3.05) is 13.3 Å². The van der Waals surface area contributed by atoms with Crippen LogP contribution in [0.1, 0.15) is 0 Å². The molecule has 0 bridgehead atoms. The van der Waals surface area contributed by atoms with Crippen LogP contribution < -0.4 is 0 Å². The van der Waals surface area contributed by atoms with Gasteiger partial charge in [0.05, 0.1) is 11.4 Å². The fourth-order valence-electron chi connectivity index (χ4n) is 0.829. The Bertz CT molecular complexity index is 249. The molecule has 2 nitrogen and oxygen atoms in total. The van der Waals surface area contributed by atoms with E-state index in [2.05, 4.69) is 9.39 Å². The third-order valence-electron chi connectivity index (χ3n) is 1.31. The van der Waals surface area contributed by atoms with E-state index in [4.69, 9.17) is 0 Å². The zero-order valence-corrected chi connectivity index (χ0v) is 7.43. The molecule has 0 aromatic rings. The van der Waals surface area contributed by atoms with Crippen LogP contribution in [0.4, 0.5) is 0 Å².